The Morgan fingerprint density at radius 3 is 2.72 bits per heavy atom. The molecule has 1 amide bonds. The molecule has 3 rings (SSSR count). The average Bonchev–Trinajstić information content (AvgIpc) is 3.09. The molecular formula is C18H18N4O3. The Bertz CT molecular complexity index is 958. The summed E-state index contributed by atoms with van der Waals surface area (Å²) >= 11 is 0. The van der Waals surface area contributed by atoms with Gasteiger partial charge in [-0.05, 0) is 56.7 Å². The summed E-state index contributed by atoms with van der Waals surface area (Å²) in [5.74, 6) is 0.551. The summed E-state index contributed by atoms with van der Waals surface area (Å²) < 4.78 is 6.46. The molecule has 3 aromatic heterocycles. The molecule has 7 heteroatoms. The van der Waals surface area contributed by atoms with Crippen LogP contribution in [0.2, 0.25) is 0 Å². The molecule has 0 aliphatic heterocycles. The molecule has 0 fully saturated rings. The Labute approximate surface area is 144 Å². The highest BCUT2D eigenvalue weighted by molar-refractivity contribution is 5.95. The van der Waals surface area contributed by atoms with E-state index in [0.717, 1.165) is 10.2 Å². The highest BCUT2D eigenvalue weighted by Crippen LogP contribution is 2.19. The molecule has 7 nitrogen and oxygen atoms in total. The number of anilines is 1. The van der Waals surface area contributed by atoms with Gasteiger partial charge in [-0.25, -0.2) is 9.67 Å². The highest BCUT2D eigenvalue weighted by Gasteiger charge is 2.32. The summed E-state index contributed by atoms with van der Waals surface area (Å²) in [6.07, 6.45) is 3.13. The molecule has 3 aromatic rings. The number of hydrogen-bond donors (Lipinski definition) is 1. The van der Waals surface area contributed by atoms with Gasteiger partial charge in [0.05, 0.1) is 6.26 Å². The van der Waals surface area contributed by atoms with Crippen LogP contribution in [0.25, 0.3) is 11.5 Å². The van der Waals surface area contributed by atoms with Crippen LogP contribution in [0.1, 0.15) is 19.4 Å². The van der Waals surface area contributed by atoms with Crippen molar-refractivity contribution in [2.75, 3.05) is 5.32 Å². The van der Waals surface area contributed by atoms with E-state index < -0.39 is 11.4 Å². The molecule has 25 heavy (non-hydrogen) atoms. The van der Waals surface area contributed by atoms with Crippen LogP contribution >= 0.6 is 0 Å². The van der Waals surface area contributed by atoms with Gasteiger partial charge in [0.15, 0.2) is 5.76 Å². The number of furan rings is 1. The van der Waals surface area contributed by atoms with Crippen LogP contribution in [0.5, 0.6) is 0 Å². The van der Waals surface area contributed by atoms with Gasteiger partial charge in [-0.1, -0.05) is 0 Å². The fourth-order valence-electron chi connectivity index (χ4n) is 2.34. The van der Waals surface area contributed by atoms with Crippen LogP contribution in [0.15, 0.2) is 58.1 Å². The monoisotopic (exact) mass is 338 g/mol. The SMILES string of the molecule is Cc1ccnc(NC(=O)C(C)(C)n2nc(-c3ccco3)ccc2=O)c1. The van der Waals surface area contributed by atoms with E-state index >= 15 is 0 Å². The minimum absolute atomic E-state index is 0.382. The Hall–Kier alpha value is -3.22. The maximum absolute atomic E-state index is 12.7. The van der Waals surface area contributed by atoms with E-state index in [1.807, 2.05) is 13.0 Å². The van der Waals surface area contributed by atoms with Crippen molar-refractivity contribution in [3.63, 3.8) is 0 Å². The topological polar surface area (TPSA) is 90.0 Å². The summed E-state index contributed by atoms with van der Waals surface area (Å²) in [5, 5.41) is 7.03. The number of carbonyl (C=O) groups is 1. The number of pyridine rings is 1. The molecule has 0 spiro atoms. The van der Waals surface area contributed by atoms with Gasteiger partial charge in [0.1, 0.15) is 17.1 Å². The summed E-state index contributed by atoms with van der Waals surface area (Å²) in [5.41, 5.74) is -0.157. The van der Waals surface area contributed by atoms with Gasteiger partial charge in [-0.2, -0.15) is 5.10 Å². The number of aryl methyl sites for hydroxylation is 1. The van der Waals surface area contributed by atoms with Gasteiger partial charge in [0, 0.05) is 12.3 Å². The first-order valence-corrected chi connectivity index (χ1v) is 7.77. The van der Waals surface area contributed by atoms with Crippen LogP contribution in [0.4, 0.5) is 5.82 Å². The van der Waals surface area contributed by atoms with Gasteiger partial charge < -0.3 is 9.73 Å². The van der Waals surface area contributed by atoms with Crippen molar-refractivity contribution in [3.05, 3.63) is 64.8 Å². The van der Waals surface area contributed by atoms with Gasteiger partial charge in [-0.3, -0.25) is 9.59 Å². The molecule has 0 aliphatic rings. The first-order chi connectivity index (χ1) is 11.9. The third-order valence-electron chi connectivity index (χ3n) is 3.82. The lowest BCUT2D eigenvalue weighted by atomic mass is 10.0. The number of hydrogen-bond acceptors (Lipinski definition) is 5. The van der Waals surface area contributed by atoms with Crippen LogP contribution in [-0.4, -0.2) is 20.7 Å². The minimum Gasteiger partial charge on any atom is -0.463 e. The zero-order chi connectivity index (χ0) is 18.0. The summed E-state index contributed by atoms with van der Waals surface area (Å²) in [4.78, 5) is 29.1. The second kappa shape index (κ2) is 6.35. The lowest BCUT2D eigenvalue weighted by Crippen LogP contribution is -2.47. The Balaban J connectivity index is 1.94. The standard InChI is InChI=1S/C18H18N4O3/c1-12-8-9-19-15(11-12)20-17(24)18(2,3)22-16(23)7-6-13(21-22)14-5-4-10-25-14/h4-11H,1-3H3,(H,19,20,24). The average molecular weight is 338 g/mol. The van der Waals surface area contributed by atoms with Crippen molar-refractivity contribution < 1.29 is 9.21 Å². The molecule has 128 valence electrons. The predicted molar refractivity (Wildman–Crippen MR) is 93.1 cm³/mol. The summed E-state index contributed by atoms with van der Waals surface area (Å²) in [6.45, 7) is 5.15. The lowest BCUT2D eigenvalue weighted by molar-refractivity contribution is -0.123. The number of nitrogens with zero attached hydrogens (tertiary/aromatic N) is 3. The van der Waals surface area contributed by atoms with Crippen LogP contribution in [0, 0.1) is 6.92 Å². The number of rotatable bonds is 4. The van der Waals surface area contributed by atoms with Crippen molar-refractivity contribution >= 4 is 11.7 Å². The number of aromatic nitrogens is 3. The second-order valence-electron chi connectivity index (χ2n) is 6.18. The van der Waals surface area contributed by atoms with E-state index in [1.165, 1.54) is 12.3 Å². The molecule has 0 saturated heterocycles. The first-order valence-electron chi connectivity index (χ1n) is 7.77. The van der Waals surface area contributed by atoms with E-state index in [1.54, 1.807) is 44.3 Å². The molecule has 0 radical (unpaired) electrons. The maximum atomic E-state index is 12.7. The van der Waals surface area contributed by atoms with Crippen LogP contribution in [0.3, 0.4) is 0 Å². The van der Waals surface area contributed by atoms with Gasteiger partial charge in [0.25, 0.3) is 11.5 Å². The summed E-state index contributed by atoms with van der Waals surface area (Å²) in [7, 11) is 0. The largest absolute Gasteiger partial charge is 0.463 e. The highest BCUT2D eigenvalue weighted by atomic mass is 16.3. The quantitative estimate of drug-likeness (QED) is 0.789. The Kier molecular flexibility index (Phi) is 4.22. The number of amides is 1. The smallest absolute Gasteiger partial charge is 0.267 e. The molecule has 0 aliphatic carbocycles. The molecule has 0 unspecified atom stereocenters. The zero-order valence-electron chi connectivity index (χ0n) is 14.2. The first kappa shape index (κ1) is 16.6. The Morgan fingerprint density at radius 1 is 1.24 bits per heavy atom. The number of carbonyl (C=O) groups excluding carboxylic acids is 1. The third-order valence-corrected chi connectivity index (χ3v) is 3.82. The molecule has 0 atom stereocenters. The molecule has 0 bridgehead atoms. The van der Waals surface area contributed by atoms with Gasteiger partial charge >= 0.3 is 0 Å². The van der Waals surface area contributed by atoms with Crippen molar-refractivity contribution in [1.82, 2.24) is 14.8 Å². The van der Waals surface area contributed by atoms with Crippen molar-refractivity contribution in [1.29, 1.82) is 0 Å². The summed E-state index contributed by atoms with van der Waals surface area (Å²) in [6, 6.07) is 9.98. The molecule has 1 N–H and O–H groups in total. The Morgan fingerprint density at radius 2 is 2.04 bits per heavy atom. The zero-order valence-corrected chi connectivity index (χ0v) is 14.2. The van der Waals surface area contributed by atoms with E-state index in [0.29, 0.717) is 17.3 Å². The molecule has 0 aromatic carbocycles. The third kappa shape index (κ3) is 3.35. The van der Waals surface area contributed by atoms with E-state index in [9.17, 15) is 9.59 Å². The molecular weight excluding hydrogens is 320 g/mol. The van der Waals surface area contributed by atoms with E-state index in [2.05, 4.69) is 15.4 Å². The normalized spacial score (nSPS) is 11.3. The van der Waals surface area contributed by atoms with E-state index in [-0.39, 0.29) is 5.56 Å². The van der Waals surface area contributed by atoms with Crippen LogP contribution in [-0.2, 0) is 10.3 Å². The van der Waals surface area contributed by atoms with Crippen molar-refractivity contribution in [3.8, 4) is 11.5 Å². The number of nitrogens with one attached hydrogen (secondary N) is 1. The molecule has 0 saturated carbocycles. The molecule has 3 heterocycles. The minimum atomic E-state index is -1.22. The fraction of sp³-hybridized carbons (Fsp3) is 0.222. The lowest BCUT2D eigenvalue weighted by Gasteiger charge is -2.25. The van der Waals surface area contributed by atoms with E-state index in [4.69, 9.17) is 4.42 Å². The fourth-order valence-corrected chi connectivity index (χ4v) is 2.34. The second-order valence-corrected chi connectivity index (χ2v) is 6.18. The van der Waals surface area contributed by atoms with Crippen LogP contribution < -0.4 is 10.9 Å². The van der Waals surface area contributed by atoms with Gasteiger partial charge in [0.2, 0.25) is 0 Å². The predicted octanol–water partition coefficient (Wildman–Crippen LogP) is 2.58. The maximum Gasteiger partial charge on any atom is 0.267 e. The van der Waals surface area contributed by atoms with Crippen molar-refractivity contribution in [2.45, 2.75) is 26.3 Å². The van der Waals surface area contributed by atoms with Crippen molar-refractivity contribution in [2.24, 2.45) is 0 Å². The van der Waals surface area contributed by atoms with Gasteiger partial charge in [-0.15, -0.1) is 0 Å².